The number of urea groups is 1. The molecule has 208 valence electrons. The number of carbonyl (C=O) groups is 4. The molecule has 2 N–H and O–H groups in total. The van der Waals surface area contributed by atoms with Crippen molar-refractivity contribution in [2.75, 3.05) is 57.8 Å². The van der Waals surface area contributed by atoms with Gasteiger partial charge in [0.25, 0.3) is 5.91 Å². The number of piperidine rings is 1. The minimum atomic E-state index is -0.531. The van der Waals surface area contributed by atoms with Gasteiger partial charge in [0, 0.05) is 44.7 Å². The molecule has 0 aromatic heterocycles. The molecule has 0 radical (unpaired) electrons. The van der Waals surface area contributed by atoms with E-state index in [2.05, 4.69) is 15.5 Å². The number of rotatable bonds is 6. The van der Waals surface area contributed by atoms with E-state index in [0.29, 0.717) is 23.5 Å². The Labute approximate surface area is 223 Å². The number of hydrogen-bond acceptors (Lipinski definition) is 7. The third-order valence-electron chi connectivity index (χ3n) is 7.51. The van der Waals surface area contributed by atoms with Crippen molar-refractivity contribution in [3.05, 3.63) is 23.8 Å². The number of hydrogen-bond donors (Lipinski definition) is 2. The number of amides is 5. The summed E-state index contributed by atoms with van der Waals surface area (Å²) in [7, 11) is 1.50. The van der Waals surface area contributed by atoms with Crippen molar-refractivity contribution in [1.29, 1.82) is 0 Å². The van der Waals surface area contributed by atoms with E-state index in [-0.39, 0.29) is 36.3 Å². The Morgan fingerprint density at radius 3 is 2.45 bits per heavy atom. The van der Waals surface area contributed by atoms with E-state index in [4.69, 9.17) is 9.47 Å². The standard InChI is InChI=1S/C27H39N5O6/c1-26(2,3)38-25(36)31-15-10-27(18-31)8-13-30(14-9-27)16-11-28-23(34)19-5-6-21(37-4)20(17-19)32-12-7-22(33)29-24(32)35/h5-6,17H,7-16,18H2,1-4H3,(H,28,34)(H,29,33,35). The fourth-order valence-corrected chi connectivity index (χ4v) is 5.34. The molecule has 1 spiro atoms. The summed E-state index contributed by atoms with van der Waals surface area (Å²) in [5, 5.41) is 5.27. The Kier molecular flexibility index (Phi) is 8.15. The van der Waals surface area contributed by atoms with Crippen molar-refractivity contribution in [3.63, 3.8) is 0 Å². The summed E-state index contributed by atoms with van der Waals surface area (Å²) < 4.78 is 10.9. The van der Waals surface area contributed by atoms with Gasteiger partial charge < -0.3 is 24.6 Å². The van der Waals surface area contributed by atoms with Crippen LogP contribution in [0.4, 0.5) is 15.3 Å². The van der Waals surface area contributed by atoms with E-state index < -0.39 is 11.6 Å². The van der Waals surface area contributed by atoms with Gasteiger partial charge >= 0.3 is 12.1 Å². The summed E-state index contributed by atoms with van der Waals surface area (Å²) in [4.78, 5) is 54.7. The largest absolute Gasteiger partial charge is 0.495 e. The monoisotopic (exact) mass is 529 g/mol. The third-order valence-corrected chi connectivity index (χ3v) is 7.51. The highest BCUT2D eigenvalue weighted by molar-refractivity contribution is 6.07. The zero-order valence-corrected chi connectivity index (χ0v) is 22.8. The van der Waals surface area contributed by atoms with E-state index in [1.165, 1.54) is 12.0 Å². The molecule has 11 nitrogen and oxygen atoms in total. The Morgan fingerprint density at radius 2 is 1.79 bits per heavy atom. The molecule has 0 bridgehead atoms. The van der Waals surface area contributed by atoms with Gasteiger partial charge in [0.05, 0.1) is 12.8 Å². The van der Waals surface area contributed by atoms with Gasteiger partial charge in [-0.2, -0.15) is 0 Å². The molecular weight excluding hydrogens is 490 g/mol. The molecule has 4 rings (SSSR count). The van der Waals surface area contributed by atoms with Gasteiger partial charge in [0.2, 0.25) is 5.91 Å². The molecule has 11 heteroatoms. The fraction of sp³-hybridized carbons (Fsp3) is 0.630. The second-order valence-electron chi connectivity index (χ2n) is 11.4. The van der Waals surface area contributed by atoms with Gasteiger partial charge in [0.15, 0.2) is 0 Å². The first kappa shape index (κ1) is 27.7. The number of ether oxygens (including phenoxy) is 2. The Bertz CT molecular complexity index is 1080. The van der Waals surface area contributed by atoms with E-state index >= 15 is 0 Å². The summed E-state index contributed by atoms with van der Waals surface area (Å²) in [6, 6.07) is 4.40. The van der Waals surface area contributed by atoms with Gasteiger partial charge in [-0.25, -0.2) is 9.59 Å². The third kappa shape index (κ3) is 6.56. The number of methoxy groups -OCH3 is 1. The molecule has 0 aliphatic carbocycles. The minimum absolute atomic E-state index is 0.154. The Morgan fingerprint density at radius 1 is 1.08 bits per heavy atom. The van der Waals surface area contributed by atoms with Crippen LogP contribution in [0, 0.1) is 5.41 Å². The van der Waals surface area contributed by atoms with Crippen LogP contribution in [0.5, 0.6) is 5.75 Å². The van der Waals surface area contributed by atoms with Gasteiger partial charge in [-0.05, 0) is 76.7 Å². The molecule has 3 aliphatic heterocycles. The van der Waals surface area contributed by atoms with Crippen LogP contribution in [0.1, 0.15) is 56.8 Å². The zero-order chi connectivity index (χ0) is 27.5. The van der Waals surface area contributed by atoms with E-state index in [0.717, 1.165) is 52.0 Å². The summed E-state index contributed by atoms with van der Waals surface area (Å²) in [5.74, 6) is -0.110. The second kappa shape index (κ2) is 11.2. The van der Waals surface area contributed by atoms with Crippen LogP contribution in [-0.4, -0.2) is 92.3 Å². The number of likely N-dealkylation sites (tertiary alicyclic amines) is 2. The molecule has 3 heterocycles. The van der Waals surface area contributed by atoms with Crippen molar-refractivity contribution in [3.8, 4) is 5.75 Å². The molecule has 0 atom stereocenters. The maximum atomic E-state index is 12.9. The van der Waals surface area contributed by atoms with Crippen molar-refractivity contribution in [2.24, 2.45) is 5.41 Å². The SMILES string of the molecule is COc1ccc(C(=O)NCCN2CCC3(CC2)CCN(C(=O)OC(C)(C)C)C3)cc1N1CCC(=O)NC1=O. The number of imide groups is 1. The lowest BCUT2D eigenvalue weighted by atomic mass is 9.78. The predicted octanol–water partition coefficient (Wildman–Crippen LogP) is 2.59. The molecular formula is C27H39N5O6. The van der Waals surface area contributed by atoms with Crippen LogP contribution < -0.4 is 20.3 Å². The zero-order valence-electron chi connectivity index (χ0n) is 22.8. The Balaban J connectivity index is 1.25. The van der Waals surface area contributed by atoms with Crippen LogP contribution in [0.15, 0.2) is 18.2 Å². The van der Waals surface area contributed by atoms with Crippen molar-refractivity contribution in [2.45, 2.75) is 52.1 Å². The maximum Gasteiger partial charge on any atom is 0.410 e. The minimum Gasteiger partial charge on any atom is -0.495 e. The van der Waals surface area contributed by atoms with Crippen molar-refractivity contribution >= 4 is 29.6 Å². The summed E-state index contributed by atoms with van der Waals surface area (Å²) in [6.45, 7) is 10.4. The van der Waals surface area contributed by atoms with Gasteiger partial charge in [-0.15, -0.1) is 0 Å². The maximum absolute atomic E-state index is 12.9. The molecule has 1 aromatic rings. The van der Waals surface area contributed by atoms with Gasteiger partial charge in [0.1, 0.15) is 11.4 Å². The fourth-order valence-electron chi connectivity index (χ4n) is 5.34. The molecule has 38 heavy (non-hydrogen) atoms. The topological polar surface area (TPSA) is 121 Å². The van der Waals surface area contributed by atoms with Crippen LogP contribution >= 0.6 is 0 Å². The highest BCUT2D eigenvalue weighted by Crippen LogP contribution is 2.40. The molecule has 3 fully saturated rings. The van der Waals surface area contributed by atoms with Crippen LogP contribution in [-0.2, 0) is 9.53 Å². The first-order valence-corrected chi connectivity index (χ1v) is 13.3. The second-order valence-corrected chi connectivity index (χ2v) is 11.4. The van der Waals surface area contributed by atoms with E-state index in [9.17, 15) is 19.2 Å². The quantitative estimate of drug-likeness (QED) is 0.581. The first-order chi connectivity index (χ1) is 18.0. The molecule has 3 aliphatic rings. The average Bonchev–Trinajstić information content (AvgIpc) is 3.28. The van der Waals surface area contributed by atoms with Crippen LogP contribution in [0.25, 0.3) is 0 Å². The summed E-state index contributed by atoms with van der Waals surface area (Å²) >= 11 is 0. The van der Waals surface area contributed by atoms with Gasteiger partial charge in [-0.3, -0.25) is 19.8 Å². The lowest BCUT2D eigenvalue weighted by Crippen LogP contribution is -2.49. The number of carbonyl (C=O) groups excluding carboxylic acids is 4. The van der Waals surface area contributed by atoms with E-state index in [1.807, 2.05) is 25.7 Å². The number of benzene rings is 1. The number of nitrogens with zero attached hydrogens (tertiary/aromatic N) is 3. The van der Waals surface area contributed by atoms with Crippen molar-refractivity contribution < 1.29 is 28.7 Å². The first-order valence-electron chi connectivity index (χ1n) is 13.3. The number of nitrogens with one attached hydrogen (secondary N) is 2. The molecule has 3 saturated heterocycles. The summed E-state index contributed by atoms with van der Waals surface area (Å²) in [6.07, 6.45) is 2.99. The normalized spacial score (nSPS) is 19.9. The smallest absolute Gasteiger partial charge is 0.410 e. The van der Waals surface area contributed by atoms with Crippen LogP contribution in [0.2, 0.25) is 0 Å². The van der Waals surface area contributed by atoms with Crippen LogP contribution in [0.3, 0.4) is 0 Å². The highest BCUT2D eigenvalue weighted by Gasteiger charge is 2.43. The lowest BCUT2D eigenvalue weighted by molar-refractivity contribution is -0.120. The van der Waals surface area contributed by atoms with Crippen molar-refractivity contribution in [1.82, 2.24) is 20.4 Å². The highest BCUT2D eigenvalue weighted by atomic mass is 16.6. The lowest BCUT2D eigenvalue weighted by Gasteiger charge is -2.39. The molecule has 0 saturated carbocycles. The molecule has 0 unspecified atom stereocenters. The predicted molar refractivity (Wildman–Crippen MR) is 141 cm³/mol. The Hall–Kier alpha value is -3.34. The molecule has 1 aromatic carbocycles. The average molecular weight is 530 g/mol. The van der Waals surface area contributed by atoms with Gasteiger partial charge in [-0.1, -0.05) is 0 Å². The van der Waals surface area contributed by atoms with E-state index in [1.54, 1.807) is 18.2 Å². The summed E-state index contributed by atoms with van der Waals surface area (Å²) in [5.41, 5.74) is 0.526. The number of anilines is 1. The molecule has 5 amide bonds.